The molecule has 2 heterocycles. The van der Waals surface area contributed by atoms with Crippen molar-refractivity contribution in [1.82, 2.24) is 4.98 Å². The maximum absolute atomic E-state index is 9.02. The Kier molecular flexibility index (Phi) is 3.41. The van der Waals surface area contributed by atoms with Gasteiger partial charge in [-0.05, 0) is 12.1 Å². The van der Waals surface area contributed by atoms with Crippen LogP contribution in [0.25, 0.3) is 9.88 Å². The summed E-state index contributed by atoms with van der Waals surface area (Å²) >= 11 is 8.98. The molecule has 1 N–H and O–H groups in total. The maximum atomic E-state index is 9.02. The predicted octanol–water partition coefficient (Wildman–Crippen LogP) is 3.62. The van der Waals surface area contributed by atoms with E-state index < -0.39 is 0 Å². The van der Waals surface area contributed by atoms with E-state index in [1.54, 1.807) is 11.3 Å². The Morgan fingerprint density at radius 1 is 1.53 bits per heavy atom. The first-order valence-electron chi connectivity index (χ1n) is 4.52. The third-order valence-corrected chi connectivity index (χ3v) is 4.35. The van der Waals surface area contributed by atoms with Gasteiger partial charge in [0, 0.05) is 11.3 Å². The van der Waals surface area contributed by atoms with Crippen LogP contribution in [0.15, 0.2) is 17.5 Å². The van der Waals surface area contributed by atoms with Crippen LogP contribution in [0.5, 0.6) is 0 Å². The van der Waals surface area contributed by atoms with E-state index in [1.807, 2.05) is 24.4 Å². The van der Waals surface area contributed by atoms with Crippen LogP contribution in [0.2, 0.25) is 4.34 Å². The summed E-state index contributed by atoms with van der Waals surface area (Å²) in [5, 5.41) is 12.0. The number of thiazole rings is 1. The molecule has 0 aliphatic rings. The average Bonchev–Trinajstić information content (AvgIpc) is 2.84. The van der Waals surface area contributed by atoms with Gasteiger partial charge in [0.05, 0.1) is 21.5 Å². The summed E-state index contributed by atoms with van der Waals surface area (Å²) in [6, 6.07) is 3.84. The molecule has 0 saturated heterocycles. The molecular formula is C10H10ClNOS2. The first-order chi connectivity index (χ1) is 7.20. The van der Waals surface area contributed by atoms with Crippen molar-refractivity contribution in [2.75, 3.05) is 6.61 Å². The van der Waals surface area contributed by atoms with E-state index in [4.69, 9.17) is 16.7 Å². The van der Waals surface area contributed by atoms with Crippen LogP contribution in [0.3, 0.4) is 0 Å². The number of aromatic nitrogens is 1. The van der Waals surface area contributed by atoms with Crippen LogP contribution in [0.1, 0.15) is 18.5 Å². The van der Waals surface area contributed by atoms with Crippen LogP contribution >= 0.6 is 34.3 Å². The molecule has 2 aromatic heterocycles. The topological polar surface area (TPSA) is 33.1 Å². The Morgan fingerprint density at radius 2 is 2.33 bits per heavy atom. The van der Waals surface area contributed by atoms with Gasteiger partial charge in [-0.1, -0.05) is 18.5 Å². The van der Waals surface area contributed by atoms with E-state index in [-0.39, 0.29) is 12.5 Å². The number of hydrogen-bond donors (Lipinski definition) is 1. The lowest BCUT2D eigenvalue weighted by molar-refractivity contribution is 0.271. The number of nitrogens with zero attached hydrogens (tertiary/aromatic N) is 1. The van der Waals surface area contributed by atoms with Crippen molar-refractivity contribution >= 4 is 34.3 Å². The van der Waals surface area contributed by atoms with E-state index in [0.717, 1.165) is 19.9 Å². The van der Waals surface area contributed by atoms with E-state index in [9.17, 15) is 0 Å². The molecule has 2 rings (SSSR count). The highest BCUT2D eigenvalue weighted by Gasteiger charge is 2.11. The summed E-state index contributed by atoms with van der Waals surface area (Å²) in [5.74, 6) is 0.102. The number of aliphatic hydroxyl groups excluding tert-OH is 1. The molecule has 0 amide bonds. The van der Waals surface area contributed by atoms with E-state index >= 15 is 0 Å². The monoisotopic (exact) mass is 259 g/mol. The summed E-state index contributed by atoms with van der Waals surface area (Å²) in [6.45, 7) is 2.09. The van der Waals surface area contributed by atoms with Gasteiger partial charge in [0.1, 0.15) is 5.01 Å². The van der Waals surface area contributed by atoms with Crippen molar-refractivity contribution in [1.29, 1.82) is 0 Å². The van der Waals surface area contributed by atoms with Gasteiger partial charge in [-0.2, -0.15) is 0 Å². The molecule has 80 valence electrons. The molecule has 1 unspecified atom stereocenters. The maximum Gasteiger partial charge on any atom is 0.133 e. The molecule has 2 nitrogen and oxygen atoms in total. The Labute approximate surface area is 101 Å². The third kappa shape index (κ3) is 2.39. The van der Waals surface area contributed by atoms with Crippen molar-refractivity contribution < 1.29 is 5.11 Å². The fourth-order valence-electron chi connectivity index (χ4n) is 1.15. The normalized spacial score (nSPS) is 13.0. The lowest BCUT2D eigenvalue weighted by atomic mass is 10.1. The molecule has 1 atom stereocenters. The number of halogens is 1. The van der Waals surface area contributed by atoms with Gasteiger partial charge < -0.3 is 5.11 Å². The minimum Gasteiger partial charge on any atom is -0.396 e. The largest absolute Gasteiger partial charge is 0.396 e. The van der Waals surface area contributed by atoms with Crippen molar-refractivity contribution in [3.8, 4) is 9.88 Å². The second-order valence-electron chi connectivity index (χ2n) is 3.26. The summed E-state index contributed by atoms with van der Waals surface area (Å²) in [7, 11) is 0. The summed E-state index contributed by atoms with van der Waals surface area (Å²) in [5.41, 5.74) is 0.946. The number of aliphatic hydroxyl groups is 1. The molecule has 2 aromatic rings. The number of thiophene rings is 1. The zero-order valence-electron chi connectivity index (χ0n) is 8.11. The van der Waals surface area contributed by atoms with Crippen LogP contribution < -0.4 is 0 Å². The van der Waals surface area contributed by atoms with Crippen LogP contribution in [-0.4, -0.2) is 16.7 Å². The summed E-state index contributed by atoms with van der Waals surface area (Å²) < 4.78 is 0.775. The molecule has 0 spiro atoms. The van der Waals surface area contributed by atoms with Crippen molar-refractivity contribution in [3.05, 3.63) is 27.5 Å². The fraction of sp³-hybridized carbons (Fsp3) is 0.300. The second-order valence-corrected chi connectivity index (χ2v) is 5.84. The lowest BCUT2D eigenvalue weighted by Crippen LogP contribution is -1.98. The minimum atomic E-state index is 0.102. The van der Waals surface area contributed by atoms with Gasteiger partial charge in [-0.15, -0.1) is 22.7 Å². The zero-order valence-corrected chi connectivity index (χ0v) is 10.5. The van der Waals surface area contributed by atoms with E-state index in [2.05, 4.69) is 4.98 Å². The number of hydrogen-bond acceptors (Lipinski definition) is 4. The first kappa shape index (κ1) is 11.1. The highest BCUT2D eigenvalue weighted by atomic mass is 35.5. The zero-order chi connectivity index (χ0) is 10.8. The van der Waals surface area contributed by atoms with Crippen molar-refractivity contribution in [3.63, 3.8) is 0 Å². The quantitative estimate of drug-likeness (QED) is 0.913. The molecule has 0 saturated carbocycles. The second kappa shape index (κ2) is 4.61. The molecule has 0 fully saturated rings. The minimum absolute atomic E-state index is 0.102. The third-order valence-electron chi connectivity index (χ3n) is 2.08. The van der Waals surface area contributed by atoms with Gasteiger partial charge >= 0.3 is 0 Å². The number of rotatable bonds is 3. The molecular weight excluding hydrogens is 250 g/mol. The highest BCUT2D eigenvalue weighted by molar-refractivity contribution is 7.23. The molecule has 0 aliphatic carbocycles. The molecule has 5 heteroatoms. The summed E-state index contributed by atoms with van der Waals surface area (Å²) in [4.78, 5) is 5.56. The fourth-order valence-corrected chi connectivity index (χ4v) is 3.21. The van der Waals surface area contributed by atoms with Crippen LogP contribution in [0.4, 0.5) is 0 Å². The standard InChI is InChI=1S/C10H10ClNOS2/c1-6(4-13)7-5-14-10(12-7)8-2-3-9(11)15-8/h2-3,5-6,13H,4H2,1H3. The Morgan fingerprint density at radius 3 is 2.93 bits per heavy atom. The van der Waals surface area contributed by atoms with Crippen LogP contribution in [-0.2, 0) is 0 Å². The molecule has 15 heavy (non-hydrogen) atoms. The van der Waals surface area contributed by atoms with Gasteiger partial charge in [-0.3, -0.25) is 0 Å². The molecule has 0 aliphatic heterocycles. The molecule has 0 radical (unpaired) electrons. The molecule has 0 aromatic carbocycles. The summed E-state index contributed by atoms with van der Waals surface area (Å²) in [6.07, 6.45) is 0. The first-order valence-corrected chi connectivity index (χ1v) is 6.60. The van der Waals surface area contributed by atoms with Gasteiger partial charge in [-0.25, -0.2) is 4.98 Å². The smallest absolute Gasteiger partial charge is 0.133 e. The molecule has 0 bridgehead atoms. The Hall–Kier alpha value is -0.420. The van der Waals surface area contributed by atoms with Gasteiger partial charge in [0.15, 0.2) is 0 Å². The van der Waals surface area contributed by atoms with Gasteiger partial charge in [0.2, 0.25) is 0 Å². The van der Waals surface area contributed by atoms with Crippen LogP contribution in [0, 0.1) is 0 Å². The SMILES string of the molecule is CC(CO)c1csc(-c2ccc(Cl)s2)n1. The highest BCUT2D eigenvalue weighted by Crippen LogP contribution is 2.33. The van der Waals surface area contributed by atoms with E-state index in [1.165, 1.54) is 11.3 Å². The Bertz CT molecular complexity index is 452. The van der Waals surface area contributed by atoms with Gasteiger partial charge in [0.25, 0.3) is 0 Å². The lowest BCUT2D eigenvalue weighted by Gasteiger charge is -2.01. The predicted molar refractivity (Wildman–Crippen MR) is 65.9 cm³/mol. The van der Waals surface area contributed by atoms with Crippen molar-refractivity contribution in [2.45, 2.75) is 12.8 Å². The Balaban J connectivity index is 2.27. The van der Waals surface area contributed by atoms with E-state index in [0.29, 0.717) is 0 Å². The van der Waals surface area contributed by atoms with Crippen molar-refractivity contribution in [2.24, 2.45) is 0 Å². The average molecular weight is 260 g/mol.